The highest BCUT2D eigenvalue weighted by Crippen LogP contribution is 2.34. The Morgan fingerprint density at radius 3 is 3.00 bits per heavy atom. The van der Waals surface area contributed by atoms with E-state index < -0.39 is 0 Å². The molecule has 0 saturated carbocycles. The second kappa shape index (κ2) is 3.85. The molecule has 0 unspecified atom stereocenters. The van der Waals surface area contributed by atoms with Crippen molar-refractivity contribution >= 4 is 21.7 Å². The van der Waals surface area contributed by atoms with Crippen molar-refractivity contribution in [3.63, 3.8) is 0 Å². The van der Waals surface area contributed by atoms with Crippen LogP contribution < -0.4 is 0 Å². The van der Waals surface area contributed by atoms with Crippen LogP contribution in [0.2, 0.25) is 0 Å². The molecule has 0 N–H and O–H groups in total. The summed E-state index contributed by atoms with van der Waals surface area (Å²) in [5.41, 5.74) is 2.17. The maximum Gasteiger partial charge on any atom is 0.163 e. The highest BCUT2D eigenvalue weighted by Gasteiger charge is 2.24. The summed E-state index contributed by atoms with van der Waals surface area (Å²) in [5, 5.41) is 0. The van der Waals surface area contributed by atoms with Crippen molar-refractivity contribution in [1.29, 1.82) is 0 Å². The number of benzene rings is 1. The number of Topliss-reactive ketones (excluding diaryl/α,β-unsaturated/α-hetero) is 1. The van der Waals surface area contributed by atoms with Crippen molar-refractivity contribution in [2.75, 3.05) is 0 Å². The molecule has 1 aliphatic rings. The lowest BCUT2D eigenvalue weighted by Gasteiger charge is -2.23. The molecule has 0 amide bonds. The second-order valence-corrected chi connectivity index (χ2v) is 4.71. The first-order valence-electron chi connectivity index (χ1n) is 5.05. The molecule has 2 rings (SSSR count). The Hall–Kier alpha value is -0.630. The minimum absolute atomic E-state index is 0.297. The van der Waals surface area contributed by atoms with Crippen LogP contribution in [0.1, 0.15) is 48.0 Å². The molecule has 0 radical (unpaired) electrons. The molecule has 1 nitrogen and oxygen atoms in total. The Labute approximate surface area is 92.6 Å². The van der Waals surface area contributed by atoms with E-state index in [9.17, 15) is 4.79 Å². The minimum atomic E-state index is 0.297. The molecule has 0 saturated heterocycles. The first-order chi connectivity index (χ1) is 6.72. The largest absolute Gasteiger partial charge is 0.294 e. The summed E-state index contributed by atoms with van der Waals surface area (Å²) in [5.74, 6) is 0.877. The van der Waals surface area contributed by atoms with Crippen LogP contribution in [-0.2, 0) is 0 Å². The molecular formula is C12H13BrO. The van der Waals surface area contributed by atoms with E-state index in [-0.39, 0.29) is 0 Å². The third-order valence-corrected chi connectivity index (χ3v) is 3.46. The minimum Gasteiger partial charge on any atom is -0.294 e. The lowest BCUT2D eigenvalue weighted by Crippen LogP contribution is -2.15. The van der Waals surface area contributed by atoms with Crippen molar-refractivity contribution in [3.8, 4) is 0 Å². The highest BCUT2D eigenvalue weighted by molar-refractivity contribution is 9.10. The molecular weight excluding hydrogens is 240 g/mol. The monoisotopic (exact) mass is 252 g/mol. The summed E-state index contributed by atoms with van der Waals surface area (Å²) in [4.78, 5) is 11.7. The molecule has 0 aromatic heterocycles. The molecule has 0 spiro atoms. The predicted octanol–water partition coefficient (Wildman–Crippen LogP) is 3.92. The Kier molecular flexibility index (Phi) is 2.73. The quantitative estimate of drug-likeness (QED) is 0.741. The number of hydrogen-bond acceptors (Lipinski definition) is 1. The van der Waals surface area contributed by atoms with Gasteiger partial charge in [0.1, 0.15) is 0 Å². The fourth-order valence-corrected chi connectivity index (χ4v) is 2.51. The van der Waals surface area contributed by atoms with Crippen LogP contribution in [0, 0.1) is 0 Å². The predicted molar refractivity (Wildman–Crippen MR) is 60.7 cm³/mol. The van der Waals surface area contributed by atoms with Crippen LogP contribution in [0.25, 0.3) is 0 Å². The molecule has 74 valence electrons. The van der Waals surface area contributed by atoms with Gasteiger partial charge >= 0.3 is 0 Å². The SMILES string of the molecule is CC[C@@H]1CCC(=O)c2cc(Br)ccc21. The third kappa shape index (κ3) is 1.63. The average molecular weight is 253 g/mol. The Bertz CT molecular complexity index is 371. The second-order valence-electron chi connectivity index (χ2n) is 3.80. The summed E-state index contributed by atoms with van der Waals surface area (Å²) in [6.07, 6.45) is 2.85. The molecule has 1 atom stereocenters. The van der Waals surface area contributed by atoms with Crippen molar-refractivity contribution in [2.45, 2.75) is 32.1 Å². The number of halogens is 1. The highest BCUT2D eigenvalue weighted by atomic mass is 79.9. The van der Waals surface area contributed by atoms with Crippen LogP contribution in [0.4, 0.5) is 0 Å². The van der Waals surface area contributed by atoms with Gasteiger partial charge in [0.25, 0.3) is 0 Å². The van der Waals surface area contributed by atoms with Gasteiger partial charge in [0.2, 0.25) is 0 Å². The van der Waals surface area contributed by atoms with E-state index in [1.807, 2.05) is 12.1 Å². The Balaban J connectivity index is 2.51. The smallest absolute Gasteiger partial charge is 0.163 e. The van der Waals surface area contributed by atoms with Crippen LogP contribution in [0.5, 0.6) is 0 Å². The number of hydrogen-bond donors (Lipinski definition) is 0. The fourth-order valence-electron chi connectivity index (χ4n) is 2.15. The number of fused-ring (bicyclic) bond motifs is 1. The Morgan fingerprint density at radius 2 is 2.29 bits per heavy atom. The van der Waals surface area contributed by atoms with E-state index in [1.54, 1.807) is 0 Å². The van der Waals surface area contributed by atoms with Gasteiger partial charge in [-0.05, 0) is 36.5 Å². The van der Waals surface area contributed by atoms with Gasteiger partial charge in [0.05, 0.1) is 0 Å². The van der Waals surface area contributed by atoms with E-state index in [4.69, 9.17) is 0 Å². The van der Waals surface area contributed by atoms with E-state index in [1.165, 1.54) is 5.56 Å². The van der Waals surface area contributed by atoms with Crippen LogP contribution in [0.3, 0.4) is 0 Å². The van der Waals surface area contributed by atoms with Gasteiger partial charge in [-0.25, -0.2) is 0 Å². The maximum absolute atomic E-state index is 11.7. The van der Waals surface area contributed by atoms with E-state index in [0.29, 0.717) is 18.1 Å². The molecule has 0 heterocycles. The molecule has 1 aromatic rings. The summed E-state index contributed by atoms with van der Waals surface area (Å²) >= 11 is 3.41. The van der Waals surface area contributed by atoms with Crippen LogP contribution in [-0.4, -0.2) is 5.78 Å². The summed E-state index contributed by atoms with van der Waals surface area (Å²) in [6.45, 7) is 2.19. The van der Waals surface area contributed by atoms with Gasteiger partial charge in [-0.2, -0.15) is 0 Å². The zero-order valence-corrected chi connectivity index (χ0v) is 9.80. The van der Waals surface area contributed by atoms with Gasteiger partial charge < -0.3 is 0 Å². The molecule has 0 fully saturated rings. The molecule has 2 heteroatoms. The van der Waals surface area contributed by atoms with Crippen LogP contribution >= 0.6 is 15.9 Å². The fraction of sp³-hybridized carbons (Fsp3) is 0.417. The maximum atomic E-state index is 11.7. The van der Waals surface area contributed by atoms with Gasteiger partial charge in [-0.15, -0.1) is 0 Å². The van der Waals surface area contributed by atoms with Gasteiger partial charge in [-0.3, -0.25) is 4.79 Å². The van der Waals surface area contributed by atoms with Gasteiger partial charge in [0, 0.05) is 16.5 Å². The van der Waals surface area contributed by atoms with Crippen molar-refractivity contribution < 1.29 is 4.79 Å². The van der Waals surface area contributed by atoms with Gasteiger partial charge in [0.15, 0.2) is 5.78 Å². The molecule has 14 heavy (non-hydrogen) atoms. The summed E-state index contributed by atoms with van der Waals surface area (Å²) in [6, 6.07) is 6.07. The normalized spacial score (nSPS) is 20.7. The topological polar surface area (TPSA) is 17.1 Å². The standard InChI is InChI=1S/C12H13BrO/c1-2-8-3-6-12(14)11-7-9(13)4-5-10(8)11/h4-5,7-8H,2-3,6H2,1H3/t8-/m1/s1. The lowest BCUT2D eigenvalue weighted by atomic mass is 9.81. The summed E-state index contributed by atoms with van der Waals surface area (Å²) in [7, 11) is 0. The number of ketones is 1. The zero-order valence-electron chi connectivity index (χ0n) is 8.22. The first-order valence-corrected chi connectivity index (χ1v) is 5.84. The van der Waals surface area contributed by atoms with Gasteiger partial charge in [-0.1, -0.05) is 28.9 Å². The number of carbonyl (C=O) groups excluding carboxylic acids is 1. The number of rotatable bonds is 1. The first kappa shape index (κ1) is 9.91. The summed E-state index contributed by atoms with van der Waals surface area (Å²) < 4.78 is 1.00. The third-order valence-electron chi connectivity index (χ3n) is 2.97. The lowest BCUT2D eigenvalue weighted by molar-refractivity contribution is 0.0966. The average Bonchev–Trinajstić information content (AvgIpc) is 2.19. The molecule has 0 aliphatic heterocycles. The molecule has 1 aliphatic carbocycles. The Morgan fingerprint density at radius 1 is 1.50 bits per heavy atom. The van der Waals surface area contributed by atoms with E-state index in [2.05, 4.69) is 28.9 Å². The van der Waals surface area contributed by atoms with Crippen molar-refractivity contribution in [3.05, 3.63) is 33.8 Å². The van der Waals surface area contributed by atoms with E-state index in [0.717, 1.165) is 22.9 Å². The molecule has 1 aromatic carbocycles. The van der Waals surface area contributed by atoms with E-state index >= 15 is 0 Å². The van der Waals surface area contributed by atoms with Crippen molar-refractivity contribution in [1.82, 2.24) is 0 Å². The number of carbonyl (C=O) groups is 1. The molecule has 0 bridgehead atoms. The van der Waals surface area contributed by atoms with Crippen LogP contribution in [0.15, 0.2) is 22.7 Å². The van der Waals surface area contributed by atoms with Crippen molar-refractivity contribution in [2.24, 2.45) is 0 Å². The zero-order chi connectivity index (χ0) is 10.1.